The van der Waals surface area contributed by atoms with Crippen molar-refractivity contribution in [2.24, 2.45) is 7.05 Å². The van der Waals surface area contributed by atoms with Crippen molar-refractivity contribution >= 4 is 27.8 Å². The Kier molecular flexibility index (Phi) is 5.41. The molecule has 2 rings (SSSR count). The van der Waals surface area contributed by atoms with Gasteiger partial charge in [-0.25, -0.2) is 0 Å². The molecule has 0 bridgehead atoms. The Morgan fingerprint density at radius 3 is 2.86 bits per heavy atom. The maximum absolute atomic E-state index is 12.6. The number of nitrogens with zero attached hydrogens (tertiary/aromatic N) is 2. The van der Waals surface area contributed by atoms with E-state index in [4.69, 9.17) is 9.84 Å². The van der Waals surface area contributed by atoms with E-state index in [0.717, 1.165) is 17.3 Å². The molecule has 1 fully saturated rings. The molecule has 1 aliphatic heterocycles. The molecule has 1 aromatic rings. The Bertz CT molecular complexity index is 523. The molecule has 1 atom stereocenters. The monoisotopic (exact) mass is 358 g/mol. The van der Waals surface area contributed by atoms with E-state index in [1.807, 2.05) is 0 Å². The van der Waals surface area contributed by atoms with E-state index >= 15 is 0 Å². The third kappa shape index (κ3) is 4.31. The Balaban J connectivity index is 2.10. The van der Waals surface area contributed by atoms with Crippen molar-refractivity contribution in [3.63, 3.8) is 0 Å². The number of aliphatic carboxylic acids is 1. The summed E-state index contributed by atoms with van der Waals surface area (Å²) in [4.78, 5) is 25.0. The molecule has 1 amide bonds. The van der Waals surface area contributed by atoms with Gasteiger partial charge in [0, 0.05) is 37.4 Å². The SMILES string of the molecule is Cn1cc(Br)cc1C(=O)N(CCC(=O)O)CC1CCCO1. The Labute approximate surface area is 131 Å². The molecule has 1 N–H and O–H groups in total. The van der Waals surface area contributed by atoms with Gasteiger partial charge in [-0.2, -0.15) is 0 Å². The largest absolute Gasteiger partial charge is 0.481 e. The van der Waals surface area contributed by atoms with Crippen LogP contribution in [-0.2, 0) is 16.6 Å². The molecule has 1 saturated heterocycles. The van der Waals surface area contributed by atoms with Crippen molar-refractivity contribution in [1.82, 2.24) is 9.47 Å². The van der Waals surface area contributed by atoms with Crippen molar-refractivity contribution in [1.29, 1.82) is 0 Å². The normalized spacial score (nSPS) is 17.9. The van der Waals surface area contributed by atoms with E-state index in [1.165, 1.54) is 0 Å². The minimum Gasteiger partial charge on any atom is -0.481 e. The lowest BCUT2D eigenvalue weighted by atomic mass is 10.2. The van der Waals surface area contributed by atoms with Crippen LogP contribution in [0.2, 0.25) is 0 Å². The van der Waals surface area contributed by atoms with E-state index in [9.17, 15) is 9.59 Å². The third-order valence-electron chi connectivity index (χ3n) is 3.52. The molecule has 0 aliphatic carbocycles. The van der Waals surface area contributed by atoms with Crippen LogP contribution in [0.1, 0.15) is 29.8 Å². The van der Waals surface area contributed by atoms with Crippen LogP contribution in [0.15, 0.2) is 16.7 Å². The van der Waals surface area contributed by atoms with Crippen LogP contribution in [0.25, 0.3) is 0 Å². The molecule has 116 valence electrons. The lowest BCUT2D eigenvalue weighted by molar-refractivity contribution is -0.137. The molecule has 0 saturated carbocycles. The second-order valence-electron chi connectivity index (χ2n) is 5.18. The van der Waals surface area contributed by atoms with Crippen LogP contribution in [0.4, 0.5) is 0 Å². The minimum atomic E-state index is -0.909. The van der Waals surface area contributed by atoms with Gasteiger partial charge in [-0.1, -0.05) is 0 Å². The average Bonchev–Trinajstić information content (AvgIpc) is 3.03. The second kappa shape index (κ2) is 7.09. The number of halogens is 1. The first-order chi connectivity index (χ1) is 9.97. The molecule has 1 unspecified atom stereocenters. The Morgan fingerprint density at radius 1 is 1.57 bits per heavy atom. The summed E-state index contributed by atoms with van der Waals surface area (Å²) in [6, 6.07) is 1.74. The predicted molar refractivity (Wildman–Crippen MR) is 80.2 cm³/mol. The number of hydrogen-bond acceptors (Lipinski definition) is 3. The number of aromatic nitrogens is 1. The summed E-state index contributed by atoms with van der Waals surface area (Å²) in [6.45, 7) is 1.34. The lowest BCUT2D eigenvalue weighted by Crippen LogP contribution is -2.39. The summed E-state index contributed by atoms with van der Waals surface area (Å²) >= 11 is 3.34. The molecule has 6 nitrogen and oxygen atoms in total. The van der Waals surface area contributed by atoms with E-state index in [0.29, 0.717) is 18.8 Å². The molecule has 1 aromatic heterocycles. The zero-order valence-corrected chi connectivity index (χ0v) is 13.5. The average molecular weight is 359 g/mol. The number of aryl methyl sites for hydroxylation is 1. The highest BCUT2D eigenvalue weighted by Gasteiger charge is 2.25. The Morgan fingerprint density at radius 2 is 2.33 bits per heavy atom. The highest BCUT2D eigenvalue weighted by atomic mass is 79.9. The first-order valence-corrected chi connectivity index (χ1v) is 7.71. The van der Waals surface area contributed by atoms with Gasteiger partial charge in [0.05, 0.1) is 12.5 Å². The molecular weight excluding hydrogens is 340 g/mol. The van der Waals surface area contributed by atoms with Gasteiger partial charge in [-0.05, 0) is 34.8 Å². The third-order valence-corrected chi connectivity index (χ3v) is 3.96. The summed E-state index contributed by atoms with van der Waals surface area (Å²) in [5.74, 6) is -1.08. The molecular formula is C14H19BrN2O4. The zero-order valence-electron chi connectivity index (χ0n) is 11.9. The maximum atomic E-state index is 12.6. The lowest BCUT2D eigenvalue weighted by Gasteiger charge is -2.25. The summed E-state index contributed by atoms with van der Waals surface area (Å²) < 4.78 is 8.11. The molecule has 0 radical (unpaired) electrons. The standard InChI is InChI=1S/C14H19BrN2O4/c1-16-8-10(15)7-12(16)14(20)17(5-4-13(18)19)9-11-3-2-6-21-11/h7-8,11H,2-6,9H2,1H3,(H,18,19). The highest BCUT2D eigenvalue weighted by Crippen LogP contribution is 2.18. The number of ether oxygens (including phenoxy) is 1. The minimum absolute atomic E-state index is 0.00598. The van der Waals surface area contributed by atoms with Gasteiger partial charge in [0.1, 0.15) is 5.69 Å². The van der Waals surface area contributed by atoms with Gasteiger partial charge in [0.2, 0.25) is 0 Å². The van der Waals surface area contributed by atoms with Gasteiger partial charge < -0.3 is 19.3 Å². The molecule has 1 aliphatic rings. The van der Waals surface area contributed by atoms with Gasteiger partial charge in [-0.3, -0.25) is 9.59 Å². The molecule has 21 heavy (non-hydrogen) atoms. The van der Waals surface area contributed by atoms with Gasteiger partial charge in [0.25, 0.3) is 5.91 Å². The quantitative estimate of drug-likeness (QED) is 0.842. The number of carbonyl (C=O) groups is 2. The molecule has 7 heteroatoms. The number of carbonyl (C=O) groups excluding carboxylic acids is 1. The van der Waals surface area contributed by atoms with E-state index < -0.39 is 5.97 Å². The number of carboxylic acids is 1. The number of rotatable bonds is 6. The smallest absolute Gasteiger partial charge is 0.305 e. The van der Waals surface area contributed by atoms with Crippen molar-refractivity contribution in [3.05, 3.63) is 22.4 Å². The van der Waals surface area contributed by atoms with Crippen LogP contribution in [0.3, 0.4) is 0 Å². The fourth-order valence-corrected chi connectivity index (χ4v) is 2.96. The topological polar surface area (TPSA) is 71.8 Å². The van der Waals surface area contributed by atoms with Gasteiger partial charge in [-0.15, -0.1) is 0 Å². The van der Waals surface area contributed by atoms with Crippen molar-refractivity contribution in [2.75, 3.05) is 19.7 Å². The summed E-state index contributed by atoms with van der Waals surface area (Å²) in [5.41, 5.74) is 0.533. The number of carboxylic acid groups (broad SMARTS) is 1. The van der Waals surface area contributed by atoms with Crippen LogP contribution in [0.5, 0.6) is 0 Å². The fraction of sp³-hybridized carbons (Fsp3) is 0.571. The summed E-state index contributed by atoms with van der Waals surface area (Å²) in [7, 11) is 1.79. The van der Waals surface area contributed by atoms with Gasteiger partial charge >= 0.3 is 5.97 Å². The number of hydrogen-bond donors (Lipinski definition) is 1. The first-order valence-electron chi connectivity index (χ1n) is 6.92. The molecule has 0 aromatic carbocycles. The summed E-state index contributed by atoms with van der Waals surface area (Å²) in [5, 5.41) is 8.85. The Hall–Kier alpha value is -1.34. The molecule has 0 spiro atoms. The van der Waals surface area contributed by atoms with E-state index in [-0.39, 0.29) is 25.0 Å². The second-order valence-corrected chi connectivity index (χ2v) is 6.10. The highest BCUT2D eigenvalue weighted by molar-refractivity contribution is 9.10. The fourth-order valence-electron chi connectivity index (χ4n) is 2.44. The van der Waals surface area contributed by atoms with Crippen LogP contribution >= 0.6 is 15.9 Å². The zero-order chi connectivity index (χ0) is 15.4. The van der Waals surface area contributed by atoms with Crippen molar-refractivity contribution in [2.45, 2.75) is 25.4 Å². The van der Waals surface area contributed by atoms with E-state index in [2.05, 4.69) is 15.9 Å². The van der Waals surface area contributed by atoms with Crippen LogP contribution in [0, 0.1) is 0 Å². The summed E-state index contributed by atoms with van der Waals surface area (Å²) in [6.07, 6.45) is 3.64. The van der Waals surface area contributed by atoms with Crippen LogP contribution in [-0.4, -0.2) is 52.3 Å². The first kappa shape index (κ1) is 16.0. The van der Waals surface area contributed by atoms with Crippen LogP contribution < -0.4 is 0 Å². The number of amides is 1. The van der Waals surface area contributed by atoms with E-state index in [1.54, 1.807) is 28.8 Å². The maximum Gasteiger partial charge on any atom is 0.305 e. The van der Waals surface area contributed by atoms with Crippen molar-refractivity contribution in [3.8, 4) is 0 Å². The van der Waals surface area contributed by atoms with Crippen molar-refractivity contribution < 1.29 is 19.4 Å². The van der Waals surface area contributed by atoms with Gasteiger partial charge in [0.15, 0.2) is 0 Å². The molecule has 2 heterocycles. The predicted octanol–water partition coefficient (Wildman–Crippen LogP) is 1.88.